The molecule has 120 valence electrons. The van der Waals surface area contributed by atoms with Crippen LogP contribution >= 0.6 is 11.8 Å². The first-order valence-electron chi connectivity index (χ1n) is 8.29. The molecule has 1 saturated heterocycles. The first-order chi connectivity index (χ1) is 10.7. The summed E-state index contributed by atoms with van der Waals surface area (Å²) in [7, 11) is 0. The Hall–Kier alpha value is -1.00. The molecule has 1 heterocycles. The number of ether oxygens (including phenoxy) is 1. The summed E-state index contributed by atoms with van der Waals surface area (Å²) in [6, 6.07) is 8.22. The predicted octanol–water partition coefficient (Wildman–Crippen LogP) is 4.32. The molecule has 1 N–H and O–H groups in total. The largest absolute Gasteiger partial charge is 0.481 e. The van der Waals surface area contributed by atoms with Gasteiger partial charge >= 0.3 is 5.97 Å². The second-order valence-corrected chi connectivity index (χ2v) is 7.80. The topological polar surface area (TPSA) is 46.5 Å². The number of hydrogen-bond donors (Lipinski definition) is 1. The third-order valence-corrected chi connectivity index (χ3v) is 6.19. The van der Waals surface area contributed by atoms with Crippen molar-refractivity contribution in [1.82, 2.24) is 0 Å². The maximum atomic E-state index is 11.7. The molecular weight excluding hydrogens is 296 g/mol. The molecule has 0 spiro atoms. The van der Waals surface area contributed by atoms with Crippen molar-refractivity contribution in [3.05, 3.63) is 29.8 Å². The lowest BCUT2D eigenvalue weighted by atomic mass is 9.85. The first-order valence-corrected chi connectivity index (χ1v) is 9.17. The molecule has 0 radical (unpaired) electrons. The highest BCUT2D eigenvalue weighted by Gasteiger charge is 2.26. The third kappa shape index (κ3) is 4.05. The predicted molar refractivity (Wildman–Crippen MR) is 88.5 cm³/mol. The Labute approximate surface area is 136 Å². The second-order valence-electron chi connectivity index (χ2n) is 6.42. The fraction of sp³-hybridized carbons (Fsp3) is 0.611. The van der Waals surface area contributed by atoms with E-state index in [9.17, 15) is 9.90 Å². The molecule has 1 saturated carbocycles. The zero-order valence-electron chi connectivity index (χ0n) is 12.9. The van der Waals surface area contributed by atoms with Crippen molar-refractivity contribution >= 4 is 17.7 Å². The van der Waals surface area contributed by atoms with Crippen LogP contribution in [0, 0.1) is 5.92 Å². The summed E-state index contributed by atoms with van der Waals surface area (Å²) in [5, 5.41) is 10.3. The van der Waals surface area contributed by atoms with Crippen LogP contribution in [0.2, 0.25) is 0 Å². The number of carboxylic acid groups (broad SMARTS) is 1. The summed E-state index contributed by atoms with van der Waals surface area (Å²) >= 11 is 1.93. The SMILES string of the molecule is O=C(O)C(CC1CCOCC1)c1ccc(SC2CCC2)cc1. The van der Waals surface area contributed by atoms with Crippen LogP contribution in [0.15, 0.2) is 29.2 Å². The van der Waals surface area contributed by atoms with E-state index in [-0.39, 0.29) is 5.92 Å². The number of rotatable bonds is 6. The summed E-state index contributed by atoms with van der Waals surface area (Å²) in [4.78, 5) is 12.9. The van der Waals surface area contributed by atoms with Gasteiger partial charge in [0.05, 0.1) is 5.92 Å². The van der Waals surface area contributed by atoms with E-state index < -0.39 is 5.97 Å². The van der Waals surface area contributed by atoms with Crippen LogP contribution in [-0.2, 0) is 9.53 Å². The Morgan fingerprint density at radius 3 is 2.41 bits per heavy atom. The molecule has 1 atom stereocenters. The highest BCUT2D eigenvalue weighted by Crippen LogP contribution is 2.37. The van der Waals surface area contributed by atoms with Gasteiger partial charge in [-0.3, -0.25) is 4.79 Å². The number of thioether (sulfide) groups is 1. The molecule has 3 rings (SSSR count). The van der Waals surface area contributed by atoms with Crippen LogP contribution < -0.4 is 0 Å². The average Bonchev–Trinajstić information content (AvgIpc) is 2.50. The Morgan fingerprint density at radius 2 is 1.86 bits per heavy atom. The van der Waals surface area contributed by atoms with E-state index in [0.717, 1.165) is 43.3 Å². The van der Waals surface area contributed by atoms with E-state index in [4.69, 9.17) is 4.74 Å². The van der Waals surface area contributed by atoms with Crippen LogP contribution in [0.3, 0.4) is 0 Å². The van der Waals surface area contributed by atoms with Gasteiger partial charge in [-0.25, -0.2) is 0 Å². The second kappa shape index (κ2) is 7.51. The lowest BCUT2D eigenvalue weighted by molar-refractivity contribution is -0.139. The van der Waals surface area contributed by atoms with Crippen LogP contribution in [0.4, 0.5) is 0 Å². The highest BCUT2D eigenvalue weighted by atomic mass is 32.2. The molecule has 1 aromatic rings. The maximum Gasteiger partial charge on any atom is 0.310 e. The fourth-order valence-corrected chi connectivity index (χ4v) is 4.40. The van der Waals surface area contributed by atoms with Crippen LogP contribution in [-0.4, -0.2) is 29.5 Å². The summed E-state index contributed by atoms with van der Waals surface area (Å²) in [5.41, 5.74) is 0.942. The summed E-state index contributed by atoms with van der Waals surface area (Å²) in [6.07, 6.45) is 6.68. The van der Waals surface area contributed by atoms with Gasteiger partial charge < -0.3 is 9.84 Å². The molecule has 2 aliphatic rings. The zero-order chi connectivity index (χ0) is 15.4. The number of carboxylic acids is 1. The number of aliphatic carboxylic acids is 1. The molecule has 3 nitrogen and oxygen atoms in total. The standard InChI is InChI=1S/C18H24O3S/c19-18(20)17(12-13-8-10-21-11-9-13)14-4-6-16(7-5-14)22-15-2-1-3-15/h4-7,13,15,17H,1-3,8-12H2,(H,19,20). The molecule has 1 aromatic carbocycles. The summed E-state index contributed by atoms with van der Waals surface area (Å²) < 4.78 is 5.37. The molecule has 1 aliphatic carbocycles. The monoisotopic (exact) mass is 320 g/mol. The molecule has 1 unspecified atom stereocenters. The van der Waals surface area contributed by atoms with Crippen molar-refractivity contribution in [2.75, 3.05) is 13.2 Å². The van der Waals surface area contributed by atoms with Crippen molar-refractivity contribution < 1.29 is 14.6 Å². The Bertz CT molecular complexity index is 490. The van der Waals surface area contributed by atoms with Crippen molar-refractivity contribution in [1.29, 1.82) is 0 Å². The Morgan fingerprint density at radius 1 is 1.18 bits per heavy atom. The van der Waals surface area contributed by atoms with Crippen molar-refractivity contribution in [3.8, 4) is 0 Å². The van der Waals surface area contributed by atoms with Gasteiger partial charge in [-0.05, 0) is 55.7 Å². The highest BCUT2D eigenvalue weighted by molar-refractivity contribution is 8.00. The number of benzene rings is 1. The van der Waals surface area contributed by atoms with Gasteiger partial charge in [-0.2, -0.15) is 0 Å². The van der Waals surface area contributed by atoms with E-state index in [1.54, 1.807) is 0 Å². The minimum absolute atomic E-state index is 0.383. The smallest absolute Gasteiger partial charge is 0.310 e. The van der Waals surface area contributed by atoms with E-state index >= 15 is 0 Å². The molecule has 0 bridgehead atoms. The van der Waals surface area contributed by atoms with Crippen molar-refractivity contribution in [2.24, 2.45) is 5.92 Å². The van der Waals surface area contributed by atoms with Gasteiger partial charge in [0.2, 0.25) is 0 Å². The molecule has 2 fully saturated rings. The van der Waals surface area contributed by atoms with Crippen LogP contribution in [0.25, 0.3) is 0 Å². The Balaban J connectivity index is 1.63. The van der Waals surface area contributed by atoms with Crippen LogP contribution in [0.5, 0.6) is 0 Å². The molecule has 0 amide bonds. The van der Waals surface area contributed by atoms with Gasteiger partial charge in [-0.1, -0.05) is 18.6 Å². The summed E-state index contributed by atoms with van der Waals surface area (Å²) in [5.74, 6) is -0.615. The van der Waals surface area contributed by atoms with Gasteiger partial charge in [0, 0.05) is 23.4 Å². The van der Waals surface area contributed by atoms with Gasteiger partial charge in [0.1, 0.15) is 0 Å². The zero-order valence-corrected chi connectivity index (χ0v) is 13.7. The maximum absolute atomic E-state index is 11.7. The normalized spacial score (nSPS) is 21.3. The van der Waals surface area contributed by atoms with E-state index in [1.807, 2.05) is 23.9 Å². The van der Waals surface area contributed by atoms with Crippen molar-refractivity contribution in [2.45, 2.75) is 54.6 Å². The van der Waals surface area contributed by atoms with E-state index in [2.05, 4.69) is 12.1 Å². The van der Waals surface area contributed by atoms with Gasteiger partial charge in [0.15, 0.2) is 0 Å². The number of hydrogen-bond acceptors (Lipinski definition) is 3. The van der Waals surface area contributed by atoms with E-state index in [0.29, 0.717) is 5.92 Å². The first kappa shape index (κ1) is 15.9. The molecule has 4 heteroatoms. The van der Waals surface area contributed by atoms with Gasteiger partial charge in [-0.15, -0.1) is 11.8 Å². The molecule has 1 aliphatic heterocycles. The number of carbonyl (C=O) groups is 1. The Kier molecular flexibility index (Phi) is 5.42. The van der Waals surface area contributed by atoms with Crippen molar-refractivity contribution in [3.63, 3.8) is 0 Å². The van der Waals surface area contributed by atoms with E-state index in [1.165, 1.54) is 24.2 Å². The quantitative estimate of drug-likeness (QED) is 0.848. The fourth-order valence-electron chi connectivity index (χ4n) is 3.15. The molecule has 22 heavy (non-hydrogen) atoms. The lowest BCUT2D eigenvalue weighted by Gasteiger charge is -2.26. The average molecular weight is 320 g/mol. The van der Waals surface area contributed by atoms with Crippen LogP contribution in [0.1, 0.15) is 50.0 Å². The lowest BCUT2D eigenvalue weighted by Crippen LogP contribution is -2.21. The van der Waals surface area contributed by atoms with Gasteiger partial charge in [0.25, 0.3) is 0 Å². The summed E-state index contributed by atoms with van der Waals surface area (Å²) in [6.45, 7) is 1.54. The third-order valence-electron chi connectivity index (χ3n) is 4.85. The minimum atomic E-state index is -0.703. The minimum Gasteiger partial charge on any atom is -0.481 e. The molecular formula is C18H24O3S. The molecule has 0 aromatic heterocycles.